The van der Waals surface area contributed by atoms with E-state index in [2.05, 4.69) is 10.1 Å². The highest BCUT2D eigenvalue weighted by Crippen LogP contribution is 2.18. The first kappa shape index (κ1) is 12.1. The zero-order chi connectivity index (χ0) is 12.3. The van der Waals surface area contributed by atoms with E-state index in [0.717, 1.165) is 12.0 Å². The molecule has 1 unspecified atom stereocenters. The molecule has 1 aromatic carbocycles. The maximum Gasteiger partial charge on any atom is 0.243 e. The first-order valence-electron chi connectivity index (χ1n) is 5.52. The normalized spacial score (nSPS) is 12.6. The smallest absolute Gasteiger partial charge is 0.243 e. The van der Waals surface area contributed by atoms with Gasteiger partial charge in [0.05, 0.1) is 6.04 Å². The summed E-state index contributed by atoms with van der Waals surface area (Å²) in [6.45, 7) is 1.97. The topological polar surface area (TPSA) is 64.9 Å². The van der Waals surface area contributed by atoms with Crippen LogP contribution >= 0.6 is 11.6 Å². The third kappa shape index (κ3) is 2.84. The number of nitrogens with two attached hydrogens (primary N) is 1. The summed E-state index contributed by atoms with van der Waals surface area (Å²) in [5.41, 5.74) is 6.79. The van der Waals surface area contributed by atoms with Crippen LogP contribution in [-0.2, 0) is 6.42 Å². The number of hydrogen-bond acceptors (Lipinski definition) is 4. The molecule has 0 aliphatic rings. The quantitative estimate of drug-likeness (QED) is 0.907. The van der Waals surface area contributed by atoms with Crippen LogP contribution in [0.1, 0.15) is 36.7 Å². The maximum absolute atomic E-state index is 6.06. The third-order valence-electron chi connectivity index (χ3n) is 2.55. The summed E-state index contributed by atoms with van der Waals surface area (Å²) in [5, 5.41) is 4.60. The molecule has 0 saturated carbocycles. The van der Waals surface area contributed by atoms with Crippen molar-refractivity contribution < 1.29 is 4.52 Å². The van der Waals surface area contributed by atoms with Crippen LogP contribution in [0, 0.1) is 0 Å². The fourth-order valence-electron chi connectivity index (χ4n) is 1.48. The lowest BCUT2D eigenvalue weighted by molar-refractivity contribution is 0.348. The Labute approximate surface area is 105 Å². The van der Waals surface area contributed by atoms with Crippen LogP contribution in [0.25, 0.3) is 0 Å². The molecule has 5 heteroatoms. The van der Waals surface area contributed by atoms with Crippen LogP contribution in [0.15, 0.2) is 28.8 Å². The fraction of sp³-hybridized carbons (Fsp3) is 0.333. The minimum atomic E-state index is -0.192. The second kappa shape index (κ2) is 5.29. The Morgan fingerprint density at radius 1 is 1.41 bits per heavy atom. The molecule has 4 nitrogen and oxygen atoms in total. The van der Waals surface area contributed by atoms with E-state index >= 15 is 0 Å². The van der Waals surface area contributed by atoms with Gasteiger partial charge in [-0.25, -0.2) is 0 Å². The highest BCUT2D eigenvalue weighted by atomic mass is 35.5. The molecule has 0 bridgehead atoms. The molecule has 0 radical (unpaired) electrons. The Morgan fingerprint density at radius 3 is 2.88 bits per heavy atom. The Hall–Kier alpha value is -1.39. The second-order valence-electron chi connectivity index (χ2n) is 3.83. The van der Waals surface area contributed by atoms with Crippen molar-refractivity contribution in [1.82, 2.24) is 10.1 Å². The minimum absolute atomic E-state index is 0.192. The van der Waals surface area contributed by atoms with Gasteiger partial charge in [-0.05, 0) is 18.1 Å². The zero-order valence-corrected chi connectivity index (χ0v) is 10.3. The van der Waals surface area contributed by atoms with Crippen molar-refractivity contribution in [3.8, 4) is 0 Å². The van der Waals surface area contributed by atoms with E-state index in [-0.39, 0.29) is 6.04 Å². The molecule has 90 valence electrons. The highest BCUT2D eigenvalue weighted by molar-refractivity contribution is 6.31. The fourth-order valence-corrected chi connectivity index (χ4v) is 1.68. The first-order valence-corrected chi connectivity index (χ1v) is 5.90. The largest absolute Gasteiger partial charge is 0.338 e. The van der Waals surface area contributed by atoms with Gasteiger partial charge in [0.2, 0.25) is 5.89 Å². The molecule has 2 rings (SSSR count). The zero-order valence-electron chi connectivity index (χ0n) is 9.56. The Bertz CT molecular complexity index is 498. The molecule has 0 spiro atoms. The summed E-state index contributed by atoms with van der Waals surface area (Å²) in [5.74, 6) is 1.09. The van der Waals surface area contributed by atoms with Crippen molar-refractivity contribution in [3.05, 3.63) is 46.6 Å². The van der Waals surface area contributed by atoms with E-state index in [1.54, 1.807) is 0 Å². The summed E-state index contributed by atoms with van der Waals surface area (Å²) in [4.78, 5) is 4.26. The minimum Gasteiger partial charge on any atom is -0.338 e. The Kier molecular flexibility index (Phi) is 3.76. The van der Waals surface area contributed by atoms with E-state index in [4.69, 9.17) is 21.9 Å². The van der Waals surface area contributed by atoms with Crippen molar-refractivity contribution in [2.75, 3.05) is 0 Å². The Balaban J connectivity index is 2.14. The second-order valence-corrected chi connectivity index (χ2v) is 4.24. The van der Waals surface area contributed by atoms with Crippen LogP contribution in [0.2, 0.25) is 5.02 Å². The molecule has 2 aromatic rings. The lowest BCUT2D eigenvalue weighted by Crippen LogP contribution is -2.08. The summed E-state index contributed by atoms with van der Waals surface area (Å²) >= 11 is 6.06. The van der Waals surface area contributed by atoms with Crippen LogP contribution < -0.4 is 5.73 Å². The molecular weight excluding hydrogens is 238 g/mol. The van der Waals surface area contributed by atoms with Gasteiger partial charge in [0.15, 0.2) is 5.82 Å². The average molecular weight is 252 g/mol. The van der Waals surface area contributed by atoms with Crippen LogP contribution in [0.5, 0.6) is 0 Å². The number of benzene rings is 1. The number of aromatic nitrogens is 2. The van der Waals surface area contributed by atoms with Crippen molar-refractivity contribution in [1.29, 1.82) is 0 Å². The first-order chi connectivity index (χ1) is 8.20. The molecule has 1 aromatic heterocycles. The van der Waals surface area contributed by atoms with Gasteiger partial charge in [0.25, 0.3) is 0 Å². The monoisotopic (exact) mass is 251 g/mol. The highest BCUT2D eigenvalue weighted by Gasteiger charge is 2.13. The molecular formula is C12H14ClN3O. The van der Waals surface area contributed by atoms with E-state index in [1.807, 2.05) is 31.2 Å². The molecule has 0 aliphatic carbocycles. The van der Waals surface area contributed by atoms with Gasteiger partial charge in [-0.1, -0.05) is 41.9 Å². The lowest BCUT2D eigenvalue weighted by Gasteiger charge is -2.00. The van der Waals surface area contributed by atoms with Crippen molar-refractivity contribution in [2.24, 2.45) is 5.73 Å². The lowest BCUT2D eigenvalue weighted by atomic mass is 10.1. The van der Waals surface area contributed by atoms with Crippen molar-refractivity contribution in [3.63, 3.8) is 0 Å². The van der Waals surface area contributed by atoms with E-state index in [1.165, 1.54) is 0 Å². The standard InChI is InChI=1S/C12H14ClN3O/c1-2-10(14)12-15-11(16-17-12)7-8-5-3-4-6-9(8)13/h3-6,10H,2,7,14H2,1H3. The van der Waals surface area contributed by atoms with Gasteiger partial charge in [-0.15, -0.1) is 0 Å². The molecule has 0 aliphatic heterocycles. The van der Waals surface area contributed by atoms with Crippen molar-refractivity contribution in [2.45, 2.75) is 25.8 Å². The van der Waals surface area contributed by atoms with Gasteiger partial charge < -0.3 is 10.3 Å². The van der Waals surface area contributed by atoms with Gasteiger partial charge in [-0.3, -0.25) is 0 Å². The number of halogens is 1. The summed E-state index contributed by atoms with van der Waals surface area (Å²) in [6.07, 6.45) is 1.33. The van der Waals surface area contributed by atoms with Crippen LogP contribution in [-0.4, -0.2) is 10.1 Å². The molecule has 0 fully saturated rings. The van der Waals surface area contributed by atoms with E-state index < -0.39 is 0 Å². The predicted molar refractivity (Wildman–Crippen MR) is 65.8 cm³/mol. The molecule has 0 saturated heterocycles. The van der Waals surface area contributed by atoms with E-state index in [0.29, 0.717) is 23.2 Å². The third-order valence-corrected chi connectivity index (χ3v) is 2.92. The van der Waals surface area contributed by atoms with Gasteiger partial charge in [0.1, 0.15) is 0 Å². The summed E-state index contributed by atoms with van der Waals surface area (Å²) in [7, 11) is 0. The number of nitrogens with zero attached hydrogens (tertiary/aromatic N) is 2. The van der Waals surface area contributed by atoms with E-state index in [9.17, 15) is 0 Å². The molecule has 0 amide bonds. The van der Waals surface area contributed by atoms with Gasteiger partial charge >= 0.3 is 0 Å². The molecule has 17 heavy (non-hydrogen) atoms. The Morgan fingerprint density at radius 2 is 2.18 bits per heavy atom. The van der Waals surface area contributed by atoms with Crippen LogP contribution in [0.3, 0.4) is 0 Å². The van der Waals surface area contributed by atoms with Gasteiger partial charge in [0, 0.05) is 11.4 Å². The predicted octanol–water partition coefficient (Wildman–Crippen LogP) is 2.72. The molecule has 2 N–H and O–H groups in total. The summed E-state index contributed by atoms with van der Waals surface area (Å²) < 4.78 is 5.10. The maximum atomic E-state index is 6.06. The molecule has 1 heterocycles. The van der Waals surface area contributed by atoms with Crippen molar-refractivity contribution >= 4 is 11.6 Å². The number of rotatable bonds is 4. The average Bonchev–Trinajstić information content (AvgIpc) is 2.80. The van der Waals surface area contributed by atoms with Gasteiger partial charge in [-0.2, -0.15) is 4.98 Å². The SMILES string of the molecule is CCC(N)c1nc(Cc2ccccc2Cl)no1. The summed E-state index contributed by atoms with van der Waals surface area (Å²) in [6, 6.07) is 7.41. The number of hydrogen-bond donors (Lipinski definition) is 1. The molecule has 1 atom stereocenters. The van der Waals surface area contributed by atoms with Crippen LogP contribution in [0.4, 0.5) is 0 Å².